The number of carboxylic acid groups (broad SMARTS) is 3. The molecule has 0 saturated carbocycles. The molecule has 164 valence electrons. The highest BCUT2D eigenvalue weighted by Crippen LogP contribution is 2.02. The van der Waals surface area contributed by atoms with E-state index in [4.69, 9.17) is 21.1 Å². The maximum absolute atomic E-state index is 11.9. The fourth-order valence-corrected chi connectivity index (χ4v) is 2.21. The van der Waals surface area contributed by atoms with Crippen LogP contribution in [0.3, 0.4) is 0 Å². The number of amides is 3. The Morgan fingerprint density at radius 1 is 0.828 bits per heavy atom. The normalized spacial score (nSPS) is 13.4. The molecule has 2 unspecified atom stereocenters. The number of nitrogens with one attached hydrogen (secondary N) is 3. The molecule has 0 spiro atoms. The molecule has 0 rings (SSSR count). The van der Waals surface area contributed by atoms with E-state index in [0.717, 1.165) is 0 Å². The Balaban J connectivity index is 4.56. The third-order valence-electron chi connectivity index (χ3n) is 3.54. The van der Waals surface area contributed by atoms with Crippen molar-refractivity contribution in [3.63, 3.8) is 0 Å². The molecular weight excluding hydrogens is 412 g/mol. The minimum absolute atomic E-state index is 0.125. The quantitative estimate of drug-likeness (QED) is 0.130. The van der Waals surface area contributed by atoms with Crippen LogP contribution in [0.25, 0.3) is 0 Å². The highest BCUT2D eigenvalue weighted by Gasteiger charge is 2.24. The third-order valence-corrected chi connectivity index (χ3v) is 3.91. The largest absolute Gasteiger partial charge is 0.480 e. The van der Waals surface area contributed by atoms with Crippen LogP contribution in [0.1, 0.15) is 25.7 Å². The fraction of sp³-hybridized carbons (Fsp3) is 0.600. The summed E-state index contributed by atoms with van der Waals surface area (Å²) in [6.45, 7) is -0.641. The Morgan fingerprint density at radius 3 is 1.79 bits per heavy atom. The van der Waals surface area contributed by atoms with E-state index in [2.05, 4.69) is 28.6 Å². The van der Waals surface area contributed by atoms with E-state index < -0.39 is 60.3 Å². The summed E-state index contributed by atoms with van der Waals surface area (Å²) in [4.78, 5) is 67.7. The van der Waals surface area contributed by atoms with Crippen molar-refractivity contribution >= 4 is 48.3 Å². The van der Waals surface area contributed by atoms with Gasteiger partial charge in [-0.1, -0.05) is 0 Å². The molecule has 0 heterocycles. The predicted octanol–water partition coefficient (Wildman–Crippen LogP) is -2.86. The number of hydrogen-bond acceptors (Lipinski definition) is 8. The molecule has 3 atom stereocenters. The van der Waals surface area contributed by atoms with Gasteiger partial charge >= 0.3 is 17.9 Å². The molecule has 0 aromatic heterocycles. The van der Waals surface area contributed by atoms with Crippen molar-refractivity contribution in [3.8, 4) is 0 Å². The van der Waals surface area contributed by atoms with Gasteiger partial charge in [0.1, 0.15) is 24.7 Å². The molecule has 14 heteroatoms. The SMILES string of the molecule is N[C@@H](CCC(=O)NC(CCC(=O)NC(CS)C(=O)NCC(=O)O)C(=O)O)C(=O)O. The van der Waals surface area contributed by atoms with Crippen LogP contribution in [-0.2, 0) is 28.8 Å². The monoisotopic (exact) mass is 436 g/mol. The molecule has 0 aliphatic heterocycles. The molecule has 8 N–H and O–H groups in total. The maximum Gasteiger partial charge on any atom is 0.326 e. The third kappa shape index (κ3) is 11.5. The van der Waals surface area contributed by atoms with Gasteiger partial charge in [0.05, 0.1) is 0 Å². The van der Waals surface area contributed by atoms with Crippen LogP contribution in [0, 0.1) is 0 Å². The van der Waals surface area contributed by atoms with Gasteiger partial charge in [0.25, 0.3) is 0 Å². The molecule has 0 bridgehead atoms. The number of aliphatic carboxylic acids is 3. The van der Waals surface area contributed by atoms with Gasteiger partial charge in [-0.15, -0.1) is 0 Å². The summed E-state index contributed by atoms with van der Waals surface area (Å²) in [5, 5.41) is 32.8. The topological polar surface area (TPSA) is 225 Å². The molecule has 3 amide bonds. The van der Waals surface area contributed by atoms with Gasteiger partial charge in [-0.05, 0) is 12.8 Å². The molecule has 29 heavy (non-hydrogen) atoms. The second-order valence-corrected chi connectivity index (χ2v) is 6.26. The number of carbonyl (C=O) groups excluding carboxylic acids is 3. The van der Waals surface area contributed by atoms with Crippen molar-refractivity contribution in [2.75, 3.05) is 12.3 Å². The van der Waals surface area contributed by atoms with Gasteiger partial charge in [-0.2, -0.15) is 12.6 Å². The molecule has 0 fully saturated rings. The Hall–Kier alpha value is -2.87. The highest BCUT2D eigenvalue weighted by atomic mass is 32.1. The van der Waals surface area contributed by atoms with Crippen LogP contribution in [0.2, 0.25) is 0 Å². The number of carbonyl (C=O) groups is 6. The summed E-state index contributed by atoms with van der Waals surface area (Å²) in [5.74, 6) is -6.31. The van der Waals surface area contributed by atoms with Gasteiger partial charge in [0.15, 0.2) is 0 Å². The van der Waals surface area contributed by atoms with Gasteiger partial charge < -0.3 is 37.0 Å². The lowest BCUT2D eigenvalue weighted by molar-refractivity contribution is -0.143. The minimum atomic E-state index is -1.41. The van der Waals surface area contributed by atoms with E-state index >= 15 is 0 Å². The van der Waals surface area contributed by atoms with Crippen LogP contribution in [0.4, 0.5) is 0 Å². The average Bonchev–Trinajstić information content (AvgIpc) is 2.64. The molecule has 0 saturated heterocycles. The molecule has 0 aromatic rings. The fourth-order valence-electron chi connectivity index (χ4n) is 1.96. The summed E-state index contributed by atoms with van der Waals surface area (Å²) in [6.07, 6.45) is -1.16. The summed E-state index contributed by atoms with van der Waals surface area (Å²) >= 11 is 3.89. The standard InChI is InChI=1S/C15H24N4O9S/c16-7(14(25)26)1-3-10(20)18-8(15(27)28)2-4-11(21)19-9(6-29)13(24)17-5-12(22)23/h7-9,29H,1-6,16H2,(H,17,24)(H,18,20)(H,19,21)(H,22,23)(H,25,26)(H,27,28)/t7-,8?,9?/m0/s1. The van der Waals surface area contributed by atoms with E-state index in [1.807, 2.05) is 0 Å². The van der Waals surface area contributed by atoms with Gasteiger partial charge in [0.2, 0.25) is 17.7 Å². The molecule has 0 aliphatic carbocycles. The number of nitrogens with two attached hydrogens (primary N) is 1. The van der Waals surface area contributed by atoms with E-state index in [0.29, 0.717) is 0 Å². The first-order valence-corrected chi connectivity index (χ1v) is 9.01. The van der Waals surface area contributed by atoms with E-state index in [9.17, 15) is 28.8 Å². The highest BCUT2D eigenvalue weighted by molar-refractivity contribution is 7.80. The molecule has 0 aliphatic rings. The Labute approximate surface area is 170 Å². The number of rotatable bonds is 14. The van der Waals surface area contributed by atoms with Crippen molar-refractivity contribution in [2.45, 2.75) is 43.8 Å². The first-order valence-electron chi connectivity index (χ1n) is 8.38. The molecule has 13 nitrogen and oxygen atoms in total. The zero-order valence-corrected chi connectivity index (χ0v) is 16.2. The number of thiol groups is 1. The lowest BCUT2D eigenvalue weighted by Gasteiger charge is -2.18. The minimum Gasteiger partial charge on any atom is -0.480 e. The second kappa shape index (κ2) is 13.3. The molecular formula is C15H24N4O9S. The lowest BCUT2D eigenvalue weighted by atomic mass is 10.1. The molecule has 0 radical (unpaired) electrons. The van der Waals surface area contributed by atoms with Crippen LogP contribution in [-0.4, -0.2) is 81.4 Å². The second-order valence-electron chi connectivity index (χ2n) is 5.89. The maximum atomic E-state index is 11.9. The van der Waals surface area contributed by atoms with Crippen LogP contribution >= 0.6 is 12.6 Å². The van der Waals surface area contributed by atoms with Crippen molar-refractivity contribution in [3.05, 3.63) is 0 Å². The predicted molar refractivity (Wildman–Crippen MR) is 100 cm³/mol. The number of carboxylic acids is 3. The first kappa shape index (κ1) is 26.1. The van der Waals surface area contributed by atoms with Gasteiger partial charge in [-0.3, -0.25) is 24.0 Å². The van der Waals surface area contributed by atoms with E-state index in [-0.39, 0.29) is 31.4 Å². The summed E-state index contributed by atoms with van der Waals surface area (Å²) in [6, 6.07) is -3.80. The Bertz CT molecular complexity index is 643. The van der Waals surface area contributed by atoms with Crippen molar-refractivity contribution in [2.24, 2.45) is 5.73 Å². The van der Waals surface area contributed by atoms with Crippen LogP contribution < -0.4 is 21.7 Å². The van der Waals surface area contributed by atoms with Crippen molar-refractivity contribution in [1.82, 2.24) is 16.0 Å². The summed E-state index contributed by atoms with van der Waals surface area (Å²) < 4.78 is 0. The zero-order chi connectivity index (χ0) is 22.6. The average molecular weight is 436 g/mol. The Morgan fingerprint density at radius 2 is 1.34 bits per heavy atom. The first-order chi connectivity index (χ1) is 13.5. The van der Waals surface area contributed by atoms with Crippen LogP contribution in [0.5, 0.6) is 0 Å². The van der Waals surface area contributed by atoms with Crippen molar-refractivity contribution in [1.29, 1.82) is 0 Å². The van der Waals surface area contributed by atoms with Gasteiger partial charge in [-0.25, -0.2) is 4.79 Å². The van der Waals surface area contributed by atoms with Crippen molar-refractivity contribution < 1.29 is 44.1 Å². The summed E-state index contributed by atoms with van der Waals surface area (Å²) in [7, 11) is 0. The van der Waals surface area contributed by atoms with Crippen LogP contribution in [0.15, 0.2) is 0 Å². The Kier molecular flexibility index (Phi) is 12.0. The lowest BCUT2D eigenvalue weighted by Crippen LogP contribution is -2.49. The van der Waals surface area contributed by atoms with E-state index in [1.54, 1.807) is 0 Å². The summed E-state index contributed by atoms with van der Waals surface area (Å²) in [5.41, 5.74) is 5.26. The zero-order valence-electron chi connectivity index (χ0n) is 15.3. The molecule has 0 aromatic carbocycles. The number of hydrogen-bond donors (Lipinski definition) is 8. The smallest absolute Gasteiger partial charge is 0.326 e. The van der Waals surface area contributed by atoms with Gasteiger partial charge in [0, 0.05) is 18.6 Å². The van der Waals surface area contributed by atoms with E-state index in [1.165, 1.54) is 0 Å².